The molecule has 1 aliphatic rings. The van der Waals surface area contributed by atoms with Gasteiger partial charge >= 0.3 is 0 Å². The van der Waals surface area contributed by atoms with E-state index in [2.05, 4.69) is 11.9 Å². The van der Waals surface area contributed by atoms with Gasteiger partial charge in [0.25, 0.3) is 0 Å². The Kier molecular flexibility index (Phi) is 4.51. The first-order chi connectivity index (χ1) is 8.27. The highest BCUT2D eigenvalue weighted by atomic mass is 16.5. The molecule has 1 saturated heterocycles. The first-order valence-electron chi connectivity index (χ1n) is 6.55. The lowest BCUT2D eigenvalue weighted by Crippen LogP contribution is -2.13. The van der Waals surface area contributed by atoms with E-state index in [-0.39, 0.29) is 6.04 Å². The van der Waals surface area contributed by atoms with E-state index in [0.29, 0.717) is 6.10 Å². The molecule has 0 bridgehead atoms. The molecule has 0 spiro atoms. The molecule has 2 heterocycles. The molecule has 1 aliphatic heterocycles. The highest BCUT2D eigenvalue weighted by Crippen LogP contribution is 2.22. The summed E-state index contributed by atoms with van der Waals surface area (Å²) in [4.78, 5) is 4.15. The third-order valence-corrected chi connectivity index (χ3v) is 3.54. The average molecular weight is 234 g/mol. The Morgan fingerprint density at radius 3 is 3.18 bits per heavy atom. The van der Waals surface area contributed by atoms with Crippen LogP contribution in [0.1, 0.15) is 49.3 Å². The van der Waals surface area contributed by atoms with Crippen LogP contribution in [0.15, 0.2) is 18.5 Å². The van der Waals surface area contributed by atoms with E-state index in [1.54, 1.807) is 0 Å². The van der Waals surface area contributed by atoms with E-state index in [4.69, 9.17) is 10.5 Å². The molecule has 0 saturated carbocycles. The molecular weight excluding hydrogens is 212 g/mol. The van der Waals surface area contributed by atoms with Gasteiger partial charge in [-0.2, -0.15) is 0 Å². The van der Waals surface area contributed by atoms with Crippen LogP contribution in [0.5, 0.6) is 0 Å². The van der Waals surface area contributed by atoms with Crippen LogP contribution in [0.2, 0.25) is 0 Å². The average Bonchev–Trinajstić information content (AvgIpc) is 2.82. The Hall–Kier alpha value is -0.930. The Balaban J connectivity index is 1.77. The van der Waals surface area contributed by atoms with Gasteiger partial charge in [0.05, 0.1) is 6.10 Å². The van der Waals surface area contributed by atoms with Crippen molar-refractivity contribution in [1.82, 2.24) is 4.98 Å². The maximum Gasteiger partial charge on any atom is 0.0576 e. The van der Waals surface area contributed by atoms with Gasteiger partial charge in [0.2, 0.25) is 0 Å². The van der Waals surface area contributed by atoms with Crippen LogP contribution in [-0.4, -0.2) is 17.7 Å². The predicted octanol–water partition coefficient (Wildman–Crippen LogP) is 2.74. The van der Waals surface area contributed by atoms with Gasteiger partial charge in [-0.1, -0.05) is 0 Å². The molecule has 17 heavy (non-hydrogen) atoms. The number of ether oxygens (including phenoxy) is 1. The first-order valence-corrected chi connectivity index (χ1v) is 6.55. The lowest BCUT2D eigenvalue weighted by atomic mass is 9.98. The molecule has 2 unspecified atom stereocenters. The van der Waals surface area contributed by atoms with Crippen LogP contribution in [0.4, 0.5) is 0 Å². The molecule has 0 aliphatic carbocycles. The summed E-state index contributed by atoms with van der Waals surface area (Å²) in [5, 5.41) is 0. The second-order valence-corrected chi connectivity index (χ2v) is 4.90. The van der Waals surface area contributed by atoms with Crippen molar-refractivity contribution in [1.29, 1.82) is 0 Å². The second-order valence-electron chi connectivity index (χ2n) is 4.90. The maximum absolute atomic E-state index is 6.20. The number of aromatic nitrogens is 1. The fourth-order valence-electron chi connectivity index (χ4n) is 2.46. The van der Waals surface area contributed by atoms with Crippen LogP contribution < -0.4 is 5.73 Å². The number of rotatable bonds is 5. The molecule has 2 atom stereocenters. The van der Waals surface area contributed by atoms with E-state index in [9.17, 15) is 0 Å². The largest absolute Gasteiger partial charge is 0.378 e. The van der Waals surface area contributed by atoms with Gasteiger partial charge in [0, 0.05) is 25.0 Å². The van der Waals surface area contributed by atoms with Gasteiger partial charge in [-0.05, 0) is 56.2 Å². The summed E-state index contributed by atoms with van der Waals surface area (Å²) in [7, 11) is 0. The number of pyridine rings is 1. The summed E-state index contributed by atoms with van der Waals surface area (Å²) < 4.78 is 5.61. The van der Waals surface area contributed by atoms with Crippen molar-refractivity contribution in [2.45, 2.75) is 51.2 Å². The number of aryl methyl sites for hydroxylation is 1. The number of nitrogens with zero attached hydrogens (tertiary/aromatic N) is 1. The number of nitrogens with two attached hydrogens (primary N) is 1. The van der Waals surface area contributed by atoms with Gasteiger partial charge in [-0.25, -0.2) is 0 Å². The van der Waals surface area contributed by atoms with Crippen molar-refractivity contribution >= 4 is 0 Å². The number of hydrogen-bond acceptors (Lipinski definition) is 3. The summed E-state index contributed by atoms with van der Waals surface area (Å²) in [5.41, 5.74) is 8.62. The topological polar surface area (TPSA) is 48.1 Å². The third kappa shape index (κ3) is 3.51. The molecular formula is C14H22N2O. The summed E-state index contributed by atoms with van der Waals surface area (Å²) in [6.45, 7) is 3.04. The van der Waals surface area contributed by atoms with Crippen LogP contribution in [0, 0.1) is 6.92 Å². The van der Waals surface area contributed by atoms with Gasteiger partial charge in [0.15, 0.2) is 0 Å². The molecule has 94 valence electrons. The summed E-state index contributed by atoms with van der Waals surface area (Å²) in [6, 6.07) is 2.14. The van der Waals surface area contributed by atoms with Crippen LogP contribution in [0.25, 0.3) is 0 Å². The number of hydrogen-bond donors (Lipinski definition) is 1. The minimum atomic E-state index is 0.116. The standard InChI is InChI=1S/C14H22N2O/c1-11-7-8-16-10-13(11)14(15)6-2-4-12-5-3-9-17-12/h7-8,10,12,14H,2-6,9,15H2,1H3. The molecule has 3 heteroatoms. The SMILES string of the molecule is Cc1ccncc1C(N)CCCC1CCCO1. The van der Waals surface area contributed by atoms with Crippen LogP contribution >= 0.6 is 0 Å². The highest BCUT2D eigenvalue weighted by molar-refractivity contribution is 5.24. The maximum atomic E-state index is 6.20. The molecule has 0 amide bonds. The molecule has 0 radical (unpaired) electrons. The van der Waals surface area contributed by atoms with E-state index in [0.717, 1.165) is 25.9 Å². The zero-order chi connectivity index (χ0) is 12.1. The van der Waals surface area contributed by atoms with Crippen molar-refractivity contribution in [2.75, 3.05) is 6.61 Å². The predicted molar refractivity (Wildman–Crippen MR) is 68.7 cm³/mol. The van der Waals surface area contributed by atoms with E-state index in [1.165, 1.54) is 24.0 Å². The first kappa shape index (κ1) is 12.5. The van der Waals surface area contributed by atoms with Crippen molar-refractivity contribution in [3.8, 4) is 0 Å². The normalized spacial score (nSPS) is 21.6. The summed E-state index contributed by atoms with van der Waals surface area (Å²) in [6.07, 6.45) is 9.94. The third-order valence-electron chi connectivity index (χ3n) is 3.54. The summed E-state index contributed by atoms with van der Waals surface area (Å²) >= 11 is 0. The van der Waals surface area contributed by atoms with E-state index < -0.39 is 0 Å². The minimum Gasteiger partial charge on any atom is -0.378 e. The fraction of sp³-hybridized carbons (Fsp3) is 0.643. The smallest absolute Gasteiger partial charge is 0.0576 e. The fourth-order valence-corrected chi connectivity index (χ4v) is 2.46. The van der Waals surface area contributed by atoms with Gasteiger partial charge in [-0.3, -0.25) is 4.98 Å². The molecule has 2 N–H and O–H groups in total. The molecule has 1 fully saturated rings. The molecule has 0 aromatic carbocycles. The Bertz CT molecular complexity index is 348. The Labute approximate surface area is 103 Å². The van der Waals surface area contributed by atoms with Crippen molar-refractivity contribution < 1.29 is 4.74 Å². The minimum absolute atomic E-state index is 0.116. The Morgan fingerprint density at radius 2 is 2.47 bits per heavy atom. The van der Waals surface area contributed by atoms with Crippen LogP contribution in [0.3, 0.4) is 0 Å². The quantitative estimate of drug-likeness (QED) is 0.852. The monoisotopic (exact) mass is 234 g/mol. The molecule has 3 nitrogen and oxygen atoms in total. The van der Waals surface area contributed by atoms with Crippen molar-refractivity contribution in [3.63, 3.8) is 0 Å². The van der Waals surface area contributed by atoms with E-state index >= 15 is 0 Å². The second kappa shape index (κ2) is 6.12. The van der Waals surface area contributed by atoms with Gasteiger partial charge in [0.1, 0.15) is 0 Å². The van der Waals surface area contributed by atoms with Gasteiger partial charge < -0.3 is 10.5 Å². The van der Waals surface area contributed by atoms with Crippen molar-refractivity contribution in [3.05, 3.63) is 29.6 Å². The summed E-state index contributed by atoms with van der Waals surface area (Å²) in [5.74, 6) is 0. The van der Waals surface area contributed by atoms with Gasteiger partial charge in [-0.15, -0.1) is 0 Å². The zero-order valence-electron chi connectivity index (χ0n) is 10.6. The lowest BCUT2D eigenvalue weighted by molar-refractivity contribution is 0.101. The molecule has 1 aromatic rings. The van der Waals surface area contributed by atoms with Crippen LogP contribution in [-0.2, 0) is 4.74 Å². The molecule has 1 aromatic heterocycles. The highest BCUT2D eigenvalue weighted by Gasteiger charge is 2.16. The zero-order valence-corrected chi connectivity index (χ0v) is 10.6. The van der Waals surface area contributed by atoms with Crippen molar-refractivity contribution in [2.24, 2.45) is 5.73 Å². The molecule has 2 rings (SSSR count). The lowest BCUT2D eigenvalue weighted by Gasteiger charge is -2.15. The van der Waals surface area contributed by atoms with E-state index in [1.807, 2.05) is 18.5 Å². The Morgan fingerprint density at radius 1 is 1.59 bits per heavy atom.